The number of ketones is 2. The summed E-state index contributed by atoms with van der Waals surface area (Å²) in [7, 11) is 0. The molecule has 1 saturated carbocycles. The first-order chi connectivity index (χ1) is 10.9. The first-order valence-corrected chi connectivity index (χ1v) is 8.72. The van der Waals surface area contributed by atoms with Gasteiger partial charge >= 0.3 is 0 Å². The molecule has 0 radical (unpaired) electrons. The SMILES string of the molecule is CC(=O)C1=CC[C@H]2C3=CCC4=CC(=O)C=C[C@]4(C)[C@H]3CC[C@]12C. The molecule has 0 N–H and O–H groups in total. The molecule has 2 heteroatoms. The van der Waals surface area contributed by atoms with Gasteiger partial charge in [-0.1, -0.05) is 43.2 Å². The number of Topliss-reactive ketones (excluding diaryl/α,β-unsaturated/α-hetero) is 1. The van der Waals surface area contributed by atoms with Crippen molar-refractivity contribution in [3.8, 4) is 0 Å². The average molecular weight is 308 g/mol. The van der Waals surface area contributed by atoms with Crippen molar-refractivity contribution < 1.29 is 9.59 Å². The quantitative estimate of drug-likeness (QED) is 0.675. The number of fused-ring (bicyclic) bond motifs is 5. The molecule has 0 aromatic carbocycles. The van der Waals surface area contributed by atoms with Crippen molar-refractivity contribution in [2.45, 2.75) is 46.5 Å². The Labute approximate surface area is 138 Å². The Kier molecular flexibility index (Phi) is 3.01. The molecule has 0 spiro atoms. The van der Waals surface area contributed by atoms with Gasteiger partial charge in [0.05, 0.1) is 0 Å². The zero-order valence-electron chi connectivity index (χ0n) is 14.2. The molecule has 0 aromatic heterocycles. The Balaban J connectivity index is 1.76. The molecule has 23 heavy (non-hydrogen) atoms. The summed E-state index contributed by atoms with van der Waals surface area (Å²) in [6, 6.07) is 0. The van der Waals surface area contributed by atoms with Crippen molar-refractivity contribution in [2.24, 2.45) is 22.7 Å². The summed E-state index contributed by atoms with van der Waals surface area (Å²) in [6.07, 6.45) is 14.3. The van der Waals surface area contributed by atoms with E-state index in [1.807, 2.05) is 6.08 Å². The van der Waals surface area contributed by atoms with E-state index in [2.05, 4.69) is 32.1 Å². The highest BCUT2D eigenvalue weighted by molar-refractivity contribution is 6.01. The maximum Gasteiger partial charge on any atom is 0.178 e. The molecule has 0 aliphatic heterocycles. The lowest BCUT2D eigenvalue weighted by Crippen LogP contribution is -2.44. The van der Waals surface area contributed by atoms with E-state index in [0.29, 0.717) is 11.8 Å². The first-order valence-electron chi connectivity index (χ1n) is 8.72. The molecule has 4 rings (SSSR count). The topological polar surface area (TPSA) is 34.1 Å². The van der Waals surface area contributed by atoms with E-state index in [0.717, 1.165) is 31.3 Å². The molecule has 120 valence electrons. The van der Waals surface area contributed by atoms with E-state index >= 15 is 0 Å². The van der Waals surface area contributed by atoms with Crippen LogP contribution in [-0.2, 0) is 9.59 Å². The predicted octanol–water partition coefficient (Wildman–Crippen LogP) is 4.34. The van der Waals surface area contributed by atoms with Crippen LogP contribution in [0.4, 0.5) is 0 Å². The summed E-state index contributed by atoms with van der Waals surface area (Å²) < 4.78 is 0. The molecule has 4 aliphatic rings. The van der Waals surface area contributed by atoms with Gasteiger partial charge in [0, 0.05) is 10.8 Å². The van der Waals surface area contributed by atoms with E-state index < -0.39 is 0 Å². The van der Waals surface area contributed by atoms with Crippen LogP contribution in [0.15, 0.2) is 47.1 Å². The molecule has 4 atom stereocenters. The Morgan fingerprint density at radius 3 is 2.74 bits per heavy atom. The van der Waals surface area contributed by atoms with Crippen molar-refractivity contribution in [3.63, 3.8) is 0 Å². The lowest BCUT2D eigenvalue weighted by molar-refractivity contribution is -0.115. The Hall–Kier alpha value is -1.70. The Morgan fingerprint density at radius 1 is 1.22 bits per heavy atom. The number of carbonyl (C=O) groups excluding carboxylic acids is 2. The fraction of sp³-hybridized carbons (Fsp3) is 0.524. The van der Waals surface area contributed by atoms with Crippen LogP contribution in [0.5, 0.6) is 0 Å². The number of rotatable bonds is 1. The van der Waals surface area contributed by atoms with Crippen LogP contribution in [0.3, 0.4) is 0 Å². The number of hydrogen-bond acceptors (Lipinski definition) is 2. The lowest BCUT2D eigenvalue weighted by Gasteiger charge is -2.52. The van der Waals surface area contributed by atoms with E-state index in [1.54, 1.807) is 13.0 Å². The molecular formula is C21H24O2. The third-order valence-electron chi connectivity index (χ3n) is 6.96. The predicted molar refractivity (Wildman–Crippen MR) is 90.7 cm³/mol. The van der Waals surface area contributed by atoms with Gasteiger partial charge in [-0.3, -0.25) is 9.59 Å². The standard InChI is InChI=1S/C21H24O2/c1-13(22)17-6-7-18-16-5-4-14-12-15(23)8-10-20(14,2)19(16)9-11-21(17,18)3/h5-6,8,10,12,18-19H,4,7,9,11H2,1-3H3/t18-,19-,20-,21+/m0/s1. The summed E-state index contributed by atoms with van der Waals surface area (Å²) in [5, 5.41) is 0. The monoisotopic (exact) mass is 308 g/mol. The smallest absolute Gasteiger partial charge is 0.178 e. The van der Waals surface area contributed by atoms with Crippen LogP contribution < -0.4 is 0 Å². The summed E-state index contributed by atoms with van der Waals surface area (Å²) >= 11 is 0. The third kappa shape index (κ3) is 1.87. The molecule has 0 saturated heterocycles. The van der Waals surface area contributed by atoms with Gasteiger partial charge in [-0.2, -0.15) is 0 Å². The fourth-order valence-corrected chi connectivity index (χ4v) is 5.64. The second-order valence-electron chi connectivity index (χ2n) is 8.07. The summed E-state index contributed by atoms with van der Waals surface area (Å²) in [5.74, 6) is 1.30. The minimum absolute atomic E-state index is 0.0138. The van der Waals surface area contributed by atoms with E-state index in [9.17, 15) is 9.59 Å². The number of hydrogen-bond donors (Lipinski definition) is 0. The van der Waals surface area contributed by atoms with Crippen molar-refractivity contribution in [3.05, 3.63) is 47.1 Å². The Bertz CT molecular complexity index is 733. The van der Waals surface area contributed by atoms with Gasteiger partial charge in [-0.05, 0) is 62.2 Å². The van der Waals surface area contributed by atoms with Crippen LogP contribution >= 0.6 is 0 Å². The third-order valence-corrected chi connectivity index (χ3v) is 6.96. The minimum atomic E-state index is -0.0156. The average Bonchev–Trinajstić information content (AvgIpc) is 2.85. The molecule has 0 heterocycles. The van der Waals surface area contributed by atoms with Crippen molar-refractivity contribution in [2.75, 3.05) is 0 Å². The largest absolute Gasteiger partial charge is 0.295 e. The molecule has 0 amide bonds. The zero-order chi connectivity index (χ0) is 16.4. The van der Waals surface area contributed by atoms with Crippen LogP contribution in [-0.4, -0.2) is 11.6 Å². The highest BCUT2D eigenvalue weighted by atomic mass is 16.1. The van der Waals surface area contributed by atoms with Gasteiger partial charge in [-0.25, -0.2) is 0 Å². The van der Waals surface area contributed by atoms with Crippen molar-refractivity contribution in [1.82, 2.24) is 0 Å². The highest BCUT2D eigenvalue weighted by Gasteiger charge is 2.54. The molecule has 1 fully saturated rings. The van der Waals surface area contributed by atoms with Crippen LogP contribution in [0.2, 0.25) is 0 Å². The number of carbonyl (C=O) groups is 2. The van der Waals surface area contributed by atoms with Crippen LogP contribution in [0.25, 0.3) is 0 Å². The normalized spacial score (nSPS) is 41.3. The van der Waals surface area contributed by atoms with Crippen LogP contribution in [0, 0.1) is 22.7 Å². The molecule has 2 nitrogen and oxygen atoms in total. The molecule has 4 aliphatic carbocycles. The summed E-state index contributed by atoms with van der Waals surface area (Å²) in [5.41, 5.74) is 3.84. The maximum atomic E-state index is 12.0. The van der Waals surface area contributed by atoms with E-state index in [-0.39, 0.29) is 22.4 Å². The van der Waals surface area contributed by atoms with Crippen molar-refractivity contribution >= 4 is 11.6 Å². The molecule has 0 aromatic rings. The summed E-state index contributed by atoms with van der Waals surface area (Å²) in [6.45, 7) is 6.28. The second-order valence-corrected chi connectivity index (χ2v) is 8.07. The highest BCUT2D eigenvalue weighted by Crippen LogP contribution is 2.62. The molecule has 0 bridgehead atoms. The van der Waals surface area contributed by atoms with E-state index in [1.165, 1.54) is 11.1 Å². The van der Waals surface area contributed by atoms with Gasteiger partial charge in [0.1, 0.15) is 0 Å². The molecule has 0 unspecified atom stereocenters. The lowest BCUT2D eigenvalue weighted by atomic mass is 9.51. The Morgan fingerprint density at radius 2 is 2.00 bits per heavy atom. The van der Waals surface area contributed by atoms with Gasteiger partial charge in [0.15, 0.2) is 11.6 Å². The second kappa shape index (κ2) is 4.66. The zero-order valence-corrected chi connectivity index (χ0v) is 14.2. The minimum Gasteiger partial charge on any atom is -0.295 e. The van der Waals surface area contributed by atoms with Gasteiger partial charge < -0.3 is 0 Å². The molecular weight excluding hydrogens is 284 g/mol. The number of allylic oxidation sites excluding steroid dienone is 8. The summed E-state index contributed by atoms with van der Waals surface area (Å²) in [4.78, 5) is 23.8. The van der Waals surface area contributed by atoms with E-state index in [4.69, 9.17) is 0 Å². The fourth-order valence-electron chi connectivity index (χ4n) is 5.64. The van der Waals surface area contributed by atoms with Crippen molar-refractivity contribution in [1.29, 1.82) is 0 Å². The first kappa shape index (κ1) is 14.9. The van der Waals surface area contributed by atoms with Gasteiger partial charge in [0.25, 0.3) is 0 Å². The van der Waals surface area contributed by atoms with Crippen LogP contribution in [0.1, 0.15) is 46.5 Å². The van der Waals surface area contributed by atoms with Gasteiger partial charge in [0.2, 0.25) is 0 Å². The maximum absolute atomic E-state index is 12.0. The van der Waals surface area contributed by atoms with Gasteiger partial charge in [-0.15, -0.1) is 0 Å².